The van der Waals surface area contributed by atoms with Crippen molar-refractivity contribution in [1.29, 1.82) is 0 Å². The van der Waals surface area contributed by atoms with Gasteiger partial charge < -0.3 is 19.7 Å². The van der Waals surface area contributed by atoms with Crippen LogP contribution >= 0.6 is 0 Å². The lowest BCUT2D eigenvalue weighted by Gasteiger charge is -2.38. The number of benzene rings is 1. The molecule has 3 heterocycles. The number of pyridine rings is 1. The molecule has 31 heavy (non-hydrogen) atoms. The van der Waals surface area contributed by atoms with E-state index in [9.17, 15) is 18.0 Å². The minimum atomic E-state index is -4.49. The van der Waals surface area contributed by atoms with Gasteiger partial charge in [-0.1, -0.05) is 0 Å². The Morgan fingerprint density at radius 2 is 2.13 bits per heavy atom. The largest absolute Gasteiger partial charge is 0.418 e. The van der Waals surface area contributed by atoms with Crippen molar-refractivity contribution in [3.8, 4) is 0 Å². The summed E-state index contributed by atoms with van der Waals surface area (Å²) in [5.74, 6) is 0.0728. The molecule has 2 saturated heterocycles. The number of carbonyl (C=O) groups is 1. The van der Waals surface area contributed by atoms with Crippen molar-refractivity contribution in [1.82, 2.24) is 10.3 Å². The van der Waals surface area contributed by atoms with Gasteiger partial charge in [0.15, 0.2) is 5.78 Å². The average molecular weight is 437 g/mol. The Hall–Kier alpha value is -2.23. The summed E-state index contributed by atoms with van der Waals surface area (Å²) in [6.45, 7) is 5.28. The quantitative estimate of drug-likeness (QED) is 0.794. The Bertz CT molecular complexity index is 929. The molecule has 2 aromatic rings. The van der Waals surface area contributed by atoms with Crippen LogP contribution < -0.4 is 10.2 Å². The van der Waals surface area contributed by atoms with Gasteiger partial charge in [-0.2, -0.15) is 13.2 Å². The number of ketones is 1. The number of carbonyl (C=O) groups excluding carboxylic acids is 1. The van der Waals surface area contributed by atoms with Gasteiger partial charge in [0.1, 0.15) is 6.10 Å². The van der Waals surface area contributed by atoms with Crippen LogP contribution in [0.4, 0.5) is 18.9 Å². The molecule has 9 heteroatoms. The molecule has 0 bridgehead atoms. The maximum atomic E-state index is 13.4. The van der Waals surface area contributed by atoms with E-state index in [4.69, 9.17) is 9.47 Å². The highest BCUT2D eigenvalue weighted by Gasteiger charge is 2.36. The normalized spacial score (nSPS) is 25.4. The van der Waals surface area contributed by atoms with E-state index in [1.54, 1.807) is 12.1 Å². The van der Waals surface area contributed by atoms with Gasteiger partial charge in [0.2, 0.25) is 0 Å². The third-order valence-electron chi connectivity index (χ3n) is 5.71. The molecule has 1 aromatic carbocycles. The number of fused-ring (bicyclic) bond motifs is 1. The van der Waals surface area contributed by atoms with E-state index in [0.717, 1.165) is 12.6 Å². The number of aromatic nitrogens is 1. The highest BCUT2D eigenvalue weighted by molar-refractivity contribution is 5.94. The highest BCUT2D eigenvalue weighted by Crippen LogP contribution is 2.38. The lowest BCUT2D eigenvalue weighted by molar-refractivity contribution is -0.136. The van der Waals surface area contributed by atoms with Crippen LogP contribution in [0.1, 0.15) is 18.9 Å². The Balaban J connectivity index is 1.57. The summed E-state index contributed by atoms with van der Waals surface area (Å²) < 4.78 is 51.8. The monoisotopic (exact) mass is 437 g/mol. The number of hydrogen-bond donors (Lipinski definition) is 1. The van der Waals surface area contributed by atoms with Crippen molar-refractivity contribution in [2.75, 3.05) is 44.3 Å². The van der Waals surface area contributed by atoms with Gasteiger partial charge in [0.25, 0.3) is 0 Å². The first-order valence-corrected chi connectivity index (χ1v) is 10.5. The summed E-state index contributed by atoms with van der Waals surface area (Å²) in [5, 5.41) is 3.68. The summed E-state index contributed by atoms with van der Waals surface area (Å²) in [6.07, 6.45) is -3.66. The molecule has 0 radical (unpaired) electrons. The van der Waals surface area contributed by atoms with Gasteiger partial charge >= 0.3 is 6.18 Å². The zero-order valence-electron chi connectivity index (χ0n) is 17.3. The van der Waals surface area contributed by atoms with Crippen molar-refractivity contribution >= 4 is 22.4 Å². The SMILES string of the molecule is C[C@@H]1CN(c2ccc(C(F)(F)F)c3ncccc23)C[C@H](C(=O)CC2CNCCOC2)O1. The lowest BCUT2D eigenvalue weighted by Crippen LogP contribution is -2.50. The minimum Gasteiger partial charge on any atom is -0.380 e. The zero-order valence-corrected chi connectivity index (χ0v) is 17.3. The number of morpholine rings is 1. The highest BCUT2D eigenvalue weighted by atomic mass is 19.4. The first kappa shape index (κ1) is 22.0. The molecule has 3 atom stereocenters. The molecular weight excluding hydrogens is 411 g/mol. The Morgan fingerprint density at radius 1 is 1.29 bits per heavy atom. The number of anilines is 1. The molecule has 1 N–H and O–H groups in total. The Kier molecular flexibility index (Phi) is 6.45. The third kappa shape index (κ3) is 4.99. The van der Waals surface area contributed by atoms with Gasteiger partial charge in [-0.3, -0.25) is 9.78 Å². The van der Waals surface area contributed by atoms with E-state index in [1.807, 2.05) is 11.8 Å². The number of halogens is 3. The van der Waals surface area contributed by atoms with Crippen molar-refractivity contribution in [2.45, 2.75) is 31.7 Å². The molecule has 0 amide bonds. The summed E-state index contributed by atoms with van der Waals surface area (Å²) in [4.78, 5) is 18.9. The molecular formula is C22H26F3N3O3. The molecule has 1 aromatic heterocycles. The molecule has 6 nitrogen and oxygen atoms in total. The summed E-state index contributed by atoms with van der Waals surface area (Å²) in [7, 11) is 0. The van der Waals surface area contributed by atoms with Crippen LogP contribution in [0.5, 0.6) is 0 Å². The van der Waals surface area contributed by atoms with E-state index in [2.05, 4.69) is 10.3 Å². The van der Waals surface area contributed by atoms with E-state index >= 15 is 0 Å². The lowest BCUT2D eigenvalue weighted by atomic mass is 9.98. The van der Waals surface area contributed by atoms with Crippen LogP contribution in [0.25, 0.3) is 10.9 Å². The van der Waals surface area contributed by atoms with Gasteiger partial charge in [0.05, 0.1) is 36.9 Å². The van der Waals surface area contributed by atoms with Crippen molar-refractivity contribution in [3.63, 3.8) is 0 Å². The van der Waals surface area contributed by atoms with Crippen LogP contribution in [-0.2, 0) is 20.4 Å². The molecule has 2 fully saturated rings. The van der Waals surface area contributed by atoms with Crippen LogP contribution in [0.2, 0.25) is 0 Å². The van der Waals surface area contributed by atoms with Crippen molar-refractivity contribution in [3.05, 3.63) is 36.0 Å². The molecule has 0 spiro atoms. The molecule has 2 aliphatic rings. The number of alkyl halides is 3. The number of hydrogen-bond acceptors (Lipinski definition) is 6. The summed E-state index contributed by atoms with van der Waals surface area (Å²) >= 11 is 0. The van der Waals surface area contributed by atoms with Crippen LogP contribution in [0, 0.1) is 5.92 Å². The van der Waals surface area contributed by atoms with Gasteiger partial charge in [-0.15, -0.1) is 0 Å². The van der Waals surface area contributed by atoms with E-state index in [0.29, 0.717) is 50.3 Å². The first-order valence-electron chi connectivity index (χ1n) is 10.5. The first-order chi connectivity index (χ1) is 14.8. The fraction of sp³-hybridized carbons (Fsp3) is 0.545. The van der Waals surface area contributed by atoms with Gasteiger partial charge in [-0.05, 0) is 31.2 Å². The predicted molar refractivity (Wildman–Crippen MR) is 110 cm³/mol. The average Bonchev–Trinajstić information content (AvgIpc) is 3.00. The maximum absolute atomic E-state index is 13.4. The predicted octanol–water partition coefficient (Wildman–Crippen LogP) is 3.04. The molecule has 4 rings (SSSR count). The molecule has 1 unspecified atom stereocenters. The maximum Gasteiger partial charge on any atom is 0.418 e. The molecule has 168 valence electrons. The van der Waals surface area contributed by atoms with Gasteiger partial charge in [-0.25, -0.2) is 0 Å². The second kappa shape index (κ2) is 9.10. The van der Waals surface area contributed by atoms with E-state index in [1.165, 1.54) is 12.3 Å². The molecule has 0 saturated carbocycles. The fourth-order valence-electron chi connectivity index (χ4n) is 4.29. The molecule has 0 aliphatic carbocycles. The van der Waals surface area contributed by atoms with Crippen molar-refractivity contribution < 1.29 is 27.4 Å². The summed E-state index contributed by atoms with van der Waals surface area (Å²) in [6, 6.07) is 5.79. The second-order valence-corrected chi connectivity index (χ2v) is 8.19. The number of Topliss-reactive ketones (excluding diaryl/α,β-unsaturated/α-hetero) is 1. The third-order valence-corrected chi connectivity index (χ3v) is 5.71. The number of ether oxygens (including phenoxy) is 2. The Labute approximate surface area is 178 Å². The van der Waals surface area contributed by atoms with Crippen LogP contribution in [0.15, 0.2) is 30.5 Å². The van der Waals surface area contributed by atoms with E-state index in [-0.39, 0.29) is 23.3 Å². The van der Waals surface area contributed by atoms with Crippen molar-refractivity contribution in [2.24, 2.45) is 5.92 Å². The zero-order chi connectivity index (χ0) is 22.0. The minimum absolute atomic E-state index is 0.0109. The van der Waals surface area contributed by atoms with Gasteiger partial charge in [0, 0.05) is 49.2 Å². The van der Waals surface area contributed by atoms with Crippen LogP contribution in [0.3, 0.4) is 0 Å². The number of nitrogens with zero attached hydrogens (tertiary/aromatic N) is 2. The number of nitrogens with one attached hydrogen (secondary N) is 1. The smallest absolute Gasteiger partial charge is 0.380 e. The number of rotatable bonds is 4. The second-order valence-electron chi connectivity index (χ2n) is 8.19. The summed E-state index contributed by atoms with van der Waals surface area (Å²) in [5.41, 5.74) is -0.221. The van der Waals surface area contributed by atoms with Crippen LogP contribution in [-0.4, -0.2) is 62.4 Å². The fourth-order valence-corrected chi connectivity index (χ4v) is 4.29. The molecule has 2 aliphatic heterocycles. The topological polar surface area (TPSA) is 63.7 Å². The van der Waals surface area contributed by atoms with E-state index < -0.39 is 17.8 Å². The Morgan fingerprint density at radius 3 is 2.94 bits per heavy atom. The standard InChI is InChI=1S/C22H26F3N3O3/c1-14-11-28(12-20(31-14)19(29)9-15-10-26-7-8-30-13-15)18-5-4-17(22(23,24)25)21-16(18)3-2-6-27-21/h2-6,14-15,20,26H,7-13H2,1H3/t14-,15?,20-/m1/s1.